The van der Waals surface area contributed by atoms with Crippen molar-refractivity contribution in [2.24, 2.45) is 11.8 Å². The third-order valence-electron chi connectivity index (χ3n) is 4.41. The second-order valence-electron chi connectivity index (χ2n) is 5.50. The Hall–Kier alpha value is 0.0500. The number of alkyl halides is 1. The summed E-state index contributed by atoms with van der Waals surface area (Å²) >= 11 is 5.93. The largest absolute Gasteiger partial charge is 0.122 e. The number of halogens is 1. The zero-order valence-electron chi connectivity index (χ0n) is 10.2. The van der Waals surface area contributed by atoms with Crippen molar-refractivity contribution >= 4 is 27.7 Å². The van der Waals surface area contributed by atoms with Gasteiger partial charge in [0.1, 0.15) is 0 Å². The Morgan fingerprint density at radius 3 is 2.82 bits per heavy atom. The monoisotopic (exact) mass is 310 g/mol. The van der Waals surface area contributed by atoms with E-state index in [0.717, 1.165) is 21.9 Å². The van der Waals surface area contributed by atoms with E-state index < -0.39 is 0 Å². The smallest absolute Gasteiger partial charge is 0.0174 e. The van der Waals surface area contributed by atoms with Crippen LogP contribution in [-0.2, 0) is 6.42 Å². The highest BCUT2D eigenvalue weighted by molar-refractivity contribution is 9.09. The molecule has 4 atom stereocenters. The highest BCUT2D eigenvalue weighted by Gasteiger charge is 2.34. The van der Waals surface area contributed by atoms with Gasteiger partial charge in [0, 0.05) is 15.0 Å². The third-order valence-corrected chi connectivity index (χ3v) is 7.04. The van der Waals surface area contributed by atoms with Crippen molar-refractivity contribution in [1.82, 2.24) is 0 Å². The van der Waals surface area contributed by atoms with Crippen molar-refractivity contribution in [3.05, 3.63) is 29.8 Å². The van der Waals surface area contributed by atoms with Gasteiger partial charge in [-0.05, 0) is 49.1 Å². The van der Waals surface area contributed by atoms with E-state index in [1.54, 1.807) is 5.56 Å². The van der Waals surface area contributed by atoms with Crippen molar-refractivity contribution in [2.75, 3.05) is 0 Å². The standard InChI is InChI=1S/C15H19BrS/c1-10-11(6-7-14(10)16)8-13-9-12-4-2-3-5-15(12)17-13/h2-5,10-11,13-14H,6-9H2,1H3. The Kier molecular flexibility index (Phi) is 3.54. The van der Waals surface area contributed by atoms with Crippen LogP contribution < -0.4 is 0 Å². The van der Waals surface area contributed by atoms with Gasteiger partial charge in [0.2, 0.25) is 0 Å². The van der Waals surface area contributed by atoms with Crippen LogP contribution in [0, 0.1) is 11.8 Å². The van der Waals surface area contributed by atoms with Gasteiger partial charge in [0.05, 0.1) is 0 Å². The molecule has 1 saturated carbocycles. The van der Waals surface area contributed by atoms with Crippen molar-refractivity contribution in [3.63, 3.8) is 0 Å². The Balaban J connectivity index is 1.62. The first kappa shape index (κ1) is 12.1. The summed E-state index contributed by atoms with van der Waals surface area (Å²) < 4.78 is 0. The summed E-state index contributed by atoms with van der Waals surface area (Å²) in [6.07, 6.45) is 5.49. The number of rotatable bonds is 2. The van der Waals surface area contributed by atoms with E-state index in [-0.39, 0.29) is 0 Å². The molecule has 0 nitrogen and oxygen atoms in total. The maximum Gasteiger partial charge on any atom is 0.0174 e. The average molecular weight is 311 g/mol. The van der Waals surface area contributed by atoms with E-state index in [0.29, 0.717) is 0 Å². The van der Waals surface area contributed by atoms with Crippen LogP contribution in [0.2, 0.25) is 0 Å². The highest BCUT2D eigenvalue weighted by atomic mass is 79.9. The number of hydrogen-bond acceptors (Lipinski definition) is 1. The molecule has 1 fully saturated rings. The van der Waals surface area contributed by atoms with Crippen LogP contribution in [0.3, 0.4) is 0 Å². The molecule has 0 aromatic heterocycles. The first-order valence-corrected chi connectivity index (χ1v) is 8.42. The quantitative estimate of drug-likeness (QED) is 0.700. The number of fused-ring (bicyclic) bond motifs is 1. The predicted molar refractivity (Wildman–Crippen MR) is 79.0 cm³/mol. The summed E-state index contributed by atoms with van der Waals surface area (Å²) in [7, 11) is 0. The molecule has 1 heterocycles. The molecule has 0 N–H and O–H groups in total. The molecule has 0 bridgehead atoms. The van der Waals surface area contributed by atoms with Crippen LogP contribution in [0.5, 0.6) is 0 Å². The molecule has 92 valence electrons. The Morgan fingerprint density at radius 2 is 2.12 bits per heavy atom. The van der Waals surface area contributed by atoms with Crippen molar-refractivity contribution in [2.45, 2.75) is 47.6 Å². The third kappa shape index (κ3) is 2.44. The maximum atomic E-state index is 3.81. The van der Waals surface area contributed by atoms with Gasteiger partial charge >= 0.3 is 0 Å². The SMILES string of the molecule is CC1C(Br)CCC1CC1Cc2ccccc2S1. The molecule has 17 heavy (non-hydrogen) atoms. The molecule has 0 spiro atoms. The number of thioether (sulfide) groups is 1. The fraction of sp³-hybridized carbons (Fsp3) is 0.600. The van der Waals surface area contributed by atoms with Gasteiger partial charge in [-0.3, -0.25) is 0 Å². The zero-order chi connectivity index (χ0) is 11.8. The van der Waals surface area contributed by atoms with Crippen LogP contribution in [0.15, 0.2) is 29.2 Å². The van der Waals surface area contributed by atoms with E-state index >= 15 is 0 Å². The summed E-state index contributed by atoms with van der Waals surface area (Å²) in [6.45, 7) is 2.42. The number of benzene rings is 1. The molecule has 1 aliphatic heterocycles. The Morgan fingerprint density at radius 1 is 1.29 bits per heavy atom. The fourth-order valence-corrected chi connectivity index (χ4v) is 5.37. The van der Waals surface area contributed by atoms with Crippen molar-refractivity contribution < 1.29 is 0 Å². The summed E-state index contributed by atoms with van der Waals surface area (Å²) in [5.41, 5.74) is 1.57. The van der Waals surface area contributed by atoms with E-state index in [1.165, 1.54) is 30.6 Å². The van der Waals surface area contributed by atoms with Crippen LogP contribution >= 0.6 is 27.7 Å². The molecule has 0 amide bonds. The van der Waals surface area contributed by atoms with Crippen LogP contribution in [0.4, 0.5) is 0 Å². The average Bonchev–Trinajstić information content (AvgIpc) is 2.87. The summed E-state index contributed by atoms with van der Waals surface area (Å²) in [6, 6.07) is 8.93. The van der Waals surface area contributed by atoms with E-state index in [1.807, 2.05) is 0 Å². The predicted octanol–water partition coefficient (Wildman–Crippen LogP) is 4.90. The lowest BCUT2D eigenvalue weighted by Gasteiger charge is -2.20. The summed E-state index contributed by atoms with van der Waals surface area (Å²) in [4.78, 5) is 2.29. The van der Waals surface area contributed by atoms with Gasteiger partial charge in [-0.1, -0.05) is 41.1 Å². The van der Waals surface area contributed by atoms with Gasteiger partial charge in [-0.25, -0.2) is 0 Å². The molecule has 1 aromatic carbocycles. The van der Waals surface area contributed by atoms with Crippen molar-refractivity contribution in [3.8, 4) is 0 Å². The molecule has 2 heteroatoms. The van der Waals surface area contributed by atoms with E-state index in [2.05, 4.69) is 58.9 Å². The molecule has 1 aromatic rings. The maximum absolute atomic E-state index is 3.81. The molecular weight excluding hydrogens is 292 g/mol. The van der Waals surface area contributed by atoms with Gasteiger partial charge in [0.25, 0.3) is 0 Å². The Labute approximate surface area is 117 Å². The van der Waals surface area contributed by atoms with Crippen molar-refractivity contribution in [1.29, 1.82) is 0 Å². The molecular formula is C15H19BrS. The zero-order valence-corrected chi connectivity index (χ0v) is 12.6. The summed E-state index contributed by atoms with van der Waals surface area (Å²) in [5, 5.41) is 0.831. The van der Waals surface area contributed by atoms with Crippen LogP contribution in [-0.4, -0.2) is 10.1 Å². The van der Waals surface area contributed by atoms with E-state index in [4.69, 9.17) is 0 Å². The van der Waals surface area contributed by atoms with E-state index in [9.17, 15) is 0 Å². The second kappa shape index (κ2) is 4.97. The van der Waals surface area contributed by atoms with Crippen LogP contribution in [0.1, 0.15) is 31.7 Å². The molecule has 4 unspecified atom stereocenters. The first-order valence-electron chi connectivity index (χ1n) is 6.62. The minimum Gasteiger partial charge on any atom is -0.122 e. The van der Waals surface area contributed by atoms with Gasteiger partial charge in [-0.15, -0.1) is 11.8 Å². The van der Waals surface area contributed by atoms with Gasteiger partial charge in [-0.2, -0.15) is 0 Å². The van der Waals surface area contributed by atoms with Gasteiger partial charge in [0.15, 0.2) is 0 Å². The summed E-state index contributed by atoms with van der Waals surface area (Å²) in [5.74, 6) is 1.80. The molecule has 2 aliphatic rings. The first-order chi connectivity index (χ1) is 8.24. The molecule has 0 saturated heterocycles. The molecule has 1 aliphatic carbocycles. The minimum atomic E-state index is 0.765. The topological polar surface area (TPSA) is 0 Å². The number of hydrogen-bond donors (Lipinski definition) is 0. The lowest BCUT2D eigenvalue weighted by atomic mass is 9.91. The fourth-order valence-electron chi connectivity index (χ4n) is 3.25. The highest BCUT2D eigenvalue weighted by Crippen LogP contribution is 2.45. The Bertz CT molecular complexity index is 379. The van der Waals surface area contributed by atoms with Crippen LogP contribution in [0.25, 0.3) is 0 Å². The lowest BCUT2D eigenvalue weighted by molar-refractivity contribution is 0.393. The molecule has 3 rings (SSSR count). The normalized spacial score (nSPS) is 36.1. The molecule has 0 radical (unpaired) electrons. The second-order valence-corrected chi connectivity index (χ2v) is 8.02. The minimum absolute atomic E-state index is 0.765. The van der Waals surface area contributed by atoms with Gasteiger partial charge < -0.3 is 0 Å². The lowest BCUT2D eigenvalue weighted by Crippen LogP contribution is -2.15.